The van der Waals surface area contributed by atoms with E-state index in [0.717, 1.165) is 49.1 Å². The van der Waals surface area contributed by atoms with Gasteiger partial charge in [-0.2, -0.15) is 0 Å². The van der Waals surface area contributed by atoms with Gasteiger partial charge in [0.15, 0.2) is 5.96 Å². The summed E-state index contributed by atoms with van der Waals surface area (Å²) in [5.41, 5.74) is 2.85. The predicted octanol–water partition coefficient (Wildman–Crippen LogP) is 2.87. The van der Waals surface area contributed by atoms with Crippen LogP contribution in [-0.4, -0.2) is 55.5 Å². The molecule has 1 aromatic heterocycles. The minimum absolute atomic E-state index is 0.0160. The van der Waals surface area contributed by atoms with Gasteiger partial charge in [0, 0.05) is 45.0 Å². The highest BCUT2D eigenvalue weighted by Gasteiger charge is 2.22. The maximum atomic E-state index is 12.1. The van der Waals surface area contributed by atoms with E-state index in [0.29, 0.717) is 18.0 Å². The molecule has 1 heterocycles. The van der Waals surface area contributed by atoms with Crippen molar-refractivity contribution in [2.24, 2.45) is 10.9 Å². The van der Waals surface area contributed by atoms with Crippen molar-refractivity contribution in [3.63, 3.8) is 0 Å². The molecular formula is C24H33N5O2. The molecule has 1 aliphatic rings. The van der Waals surface area contributed by atoms with Crippen LogP contribution in [0.3, 0.4) is 0 Å². The summed E-state index contributed by atoms with van der Waals surface area (Å²) in [6.07, 6.45) is 5.16. The fourth-order valence-corrected chi connectivity index (χ4v) is 3.03. The number of benzene rings is 1. The lowest BCUT2D eigenvalue weighted by molar-refractivity contribution is 0.0827. The van der Waals surface area contributed by atoms with Gasteiger partial charge < -0.3 is 20.3 Å². The molecule has 7 heteroatoms. The molecule has 1 aliphatic carbocycles. The van der Waals surface area contributed by atoms with Gasteiger partial charge in [0.2, 0.25) is 5.88 Å². The second-order valence-corrected chi connectivity index (χ2v) is 8.03. The van der Waals surface area contributed by atoms with Gasteiger partial charge in [-0.25, -0.2) is 9.98 Å². The van der Waals surface area contributed by atoms with Gasteiger partial charge in [-0.1, -0.05) is 18.2 Å². The van der Waals surface area contributed by atoms with Crippen LogP contribution in [0.15, 0.2) is 47.6 Å². The molecule has 2 aromatic rings. The summed E-state index contributed by atoms with van der Waals surface area (Å²) in [5.74, 6) is 2.18. The summed E-state index contributed by atoms with van der Waals surface area (Å²) in [4.78, 5) is 22.8. The standard InChI is InChI=1S/C24H33N5O2/c1-4-25-24(26-13-12-18-6-5-7-21(14-18)23(30)29(2)3)28-16-20-10-11-22(27-15-20)31-17-19-8-9-19/h5-7,10-11,14-15,19H,4,8-9,12-13,16-17H2,1-3H3,(H2,25,26,28). The Morgan fingerprint density at radius 1 is 1.19 bits per heavy atom. The molecule has 0 saturated heterocycles. The number of amides is 1. The molecule has 0 atom stereocenters. The monoisotopic (exact) mass is 423 g/mol. The van der Waals surface area contributed by atoms with E-state index in [1.54, 1.807) is 19.0 Å². The zero-order valence-electron chi connectivity index (χ0n) is 18.7. The molecule has 1 fully saturated rings. The number of nitrogens with zero attached hydrogens (tertiary/aromatic N) is 3. The lowest BCUT2D eigenvalue weighted by Gasteiger charge is -2.13. The Labute approximate surface area is 184 Å². The van der Waals surface area contributed by atoms with Crippen molar-refractivity contribution in [3.05, 3.63) is 59.3 Å². The van der Waals surface area contributed by atoms with E-state index in [1.807, 2.05) is 49.5 Å². The Morgan fingerprint density at radius 3 is 2.71 bits per heavy atom. The molecule has 7 nitrogen and oxygen atoms in total. The third-order valence-electron chi connectivity index (χ3n) is 5.01. The molecule has 3 rings (SSSR count). The van der Waals surface area contributed by atoms with Gasteiger partial charge in [0.05, 0.1) is 13.2 Å². The molecule has 31 heavy (non-hydrogen) atoms. The number of carbonyl (C=O) groups is 1. The second-order valence-electron chi connectivity index (χ2n) is 8.03. The molecule has 0 aliphatic heterocycles. The maximum absolute atomic E-state index is 12.1. The van der Waals surface area contributed by atoms with Gasteiger partial charge in [-0.15, -0.1) is 0 Å². The average Bonchev–Trinajstić information content (AvgIpc) is 3.61. The zero-order chi connectivity index (χ0) is 22.1. The fourth-order valence-electron chi connectivity index (χ4n) is 3.03. The van der Waals surface area contributed by atoms with Gasteiger partial charge in [-0.3, -0.25) is 4.79 Å². The van der Waals surface area contributed by atoms with Crippen molar-refractivity contribution in [1.29, 1.82) is 0 Å². The van der Waals surface area contributed by atoms with Crippen molar-refractivity contribution in [1.82, 2.24) is 20.5 Å². The number of guanidine groups is 1. The van der Waals surface area contributed by atoms with Gasteiger partial charge in [-0.05, 0) is 55.4 Å². The van der Waals surface area contributed by atoms with Crippen LogP contribution < -0.4 is 15.4 Å². The molecule has 0 spiro atoms. The van der Waals surface area contributed by atoms with Crippen molar-refractivity contribution < 1.29 is 9.53 Å². The number of hydrogen-bond donors (Lipinski definition) is 2. The van der Waals surface area contributed by atoms with E-state index in [2.05, 4.69) is 20.6 Å². The van der Waals surface area contributed by atoms with E-state index < -0.39 is 0 Å². The molecule has 1 amide bonds. The first-order valence-electron chi connectivity index (χ1n) is 11.0. The van der Waals surface area contributed by atoms with Gasteiger partial charge in [0.1, 0.15) is 0 Å². The molecule has 1 aromatic carbocycles. The fraction of sp³-hybridized carbons (Fsp3) is 0.458. The number of nitrogens with one attached hydrogen (secondary N) is 2. The Kier molecular flexibility index (Phi) is 8.27. The van der Waals surface area contributed by atoms with Crippen LogP contribution in [0.1, 0.15) is 41.3 Å². The van der Waals surface area contributed by atoms with Crippen molar-refractivity contribution in [2.45, 2.75) is 32.7 Å². The quantitative estimate of drug-likeness (QED) is 0.454. The summed E-state index contributed by atoms with van der Waals surface area (Å²) in [6.45, 7) is 4.85. The van der Waals surface area contributed by atoms with E-state index in [4.69, 9.17) is 4.74 Å². The van der Waals surface area contributed by atoms with Crippen LogP contribution >= 0.6 is 0 Å². The summed E-state index contributed by atoms with van der Waals surface area (Å²) in [5, 5.41) is 6.63. The number of aromatic nitrogens is 1. The van der Waals surface area contributed by atoms with Crippen LogP contribution in [-0.2, 0) is 13.0 Å². The number of carbonyl (C=O) groups excluding carboxylic acids is 1. The number of aliphatic imine (C=N–C) groups is 1. The highest BCUT2D eigenvalue weighted by molar-refractivity contribution is 5.94. The average molecular weight is 424 g/mol. The Balaban J connectivity index is 1.49. The predicted molar refractivity (Wildman–Crippen MR) is 123 cm³/mol. The minimum atomic E-state index is 0.0160. The maximum Gasteiger partial charge on any atom is 0.253 e. The summed E-state index contributed by atoms with van der Waals surface area (Å²) in [6, 6.07) is 11.7. The highest BCUT2D eigenvalue weighted by Crippen LogP contribution is 2.29. The number of rotatable bonds is 10. The van der Waals surface area contributed by atoms with Gasteiger partial charge in [0.25, 0.3) is 5.91 Å². The first-order chi connectivity index (χ1) is 15.0. The number of ether oxygens (including phenoxy) is 1. The van der Waals surface area contributed by atoms with Crippen LogP contribution in [0.2, 0.25) is 0 Å². The third-order valence-corrected chi connectivity index (χ3v) is 5.01. The Morgan fingerprint density at radius 2 is 2.03 bits per heavy atom. The largest absolute Gasteiger partial charge is 0.477 e. The van der Waals surface area contributed by atoms with Gasteiger partial charge >= 0.3 is 0 Å². The van der Waals surface area contributed by atoms with Crippen LogP contribution in [0.5, 0.6) is 5.88 Å². The highest BCUT2D eigenvalue weighted by atomic mass is 16.5. The topological polar surface area (TPSA) is 78.9 Å². The molecule has 1 saturated carbocycles. The summed E-state index contributed by atoms with van der Waals surface area (Å²) in [7, 11) is 3.53. The number of pyridine rings is 1. The normalized spacial score (nSPS) is 13.6. The molecule has 166 valence electrons. The first-order valence-corrected chi connectivity index (χ1v) is 11.0. The smallest absolute Gasteiger partial charge is 0.253 e. The van der Waals surface area contributed by atoms with E-state index in [1.165, 1.54) is 12.8 Å². The zero-order valence-corrected chi connectivity index (χ0v) is 18.7. The molecule has 2 N–H and O–H groups in total. The SMILES string of the molecule is CCNC(=NCc1ccc(OCC2CC2)nc1)NCCc1cccc(C(=O)N(C)C)c1. The molecular weight excluding hydrogens is 390 g/mol. The van der Waals surface area contributed by atoms with E-state index in [9.17, 15) is 4.79 Å². The van der Waals surface area contributed by atoms with Crippen molar-refractivity contribution >= 4 is 11.9 Å². The van der Waals surface area contributed by atoms with Crippen molar-refractivity contribution in [3.8, 4) is 5.88 Å². The molecule has 0 radical (unpaired) electrons. The number of hydrogen-bond acceptors (Lipinski definition) is 4. The molecule has 0 bridgehead atoms. The minimum Gasteiger partial charge on any atom is -0.477 e. The van der Waals surface area contributed by atoms with Crippen LogP contribution in [0.4, 0.5) is 0 Å². The van der Waals surface area contributed by atoms with Crippen LogP contribution in [0.25, 0.3) is 0 Å². The second kappa shape index (κ2) is 11.3. The Bertz CT molecular complexity index is 876. The third kappa shape index (κ3) is 7.59. The first kappa shape index (κ1) is 22.6. The van der Waals surface area contributed by atoms with E-state index >= 15 is 0 Å². The van der Waals surface area contributed by atoms with E-state index in [-0.39, 0.29) is 5.91 Å². The lowest BCUT2D eigenvalue weighted by atomic mass is 10.1. The summed E-state index contributed by atoms with van der Waals surface area (Å²) >= 11 is 0. The van der Waals surface area contributed by atoms with Crippen LogP contribution in [0, 0.1) is 5.92 Å². The van der Waals surface area contributed by atoms with Crippen molar-refractivity contribution in [2.75, 3.05) is 33.8 Å². The lowest BCUT2D eigenvalue weighted by Crippen LogP contribution is -2.38. The summed E-state index contributed by atoms with van der Waals surface area (Å²) < 4.78 is 5.69. The molecule has 0 unspecified atom stereocenters. The Hall–Kier alpha value is -3.09.